The molecule has 3 rings (SSSR count). The molecule has 166 valence electrons. The molecule has 0 unspecified atom stereocenters. The van der Waals surface area contributed by atoms with Gasteiger partial charge in [0.25, 0.3) is 11.1 Å². The summed E-state index contributed by atoms with van der Waals surface area (Å²) in [6.07, 6.45) is 3.13. The Morgan fingerprint density at radius 3 is 2.66 bits per heavy atom. The monoisotopic (exact) mass is 520 g/mol. The van der Waals surface area contributed by atoms with Crippen molar-refractivity contribution in [2.24, 2.45) is 0 Å². The second-order valence-corrected chi connectivity index (χ2v) is 8.30. The number of hydrogen-bond donors (Lipinski definition) is 1. The summed E-state index contributed by atoms with van der Waals surface area (Å²) in [7, 11) is 1.49. The van der Waals surface area contributed by atoms with Gasteiger partial charge in [-0.25, -0.2) is 4.39 Å². The molecule has 1 aliphatic rings. The van der Waals surface area contributed by atoms with Gasteiger partial charge >= 0.3 is 0 Å². The summed E-state index contributed by atoms with van der Waals surface area (Å²) in [5.41, 5.74) is 0.954. The van der Waals surface area contributed by atoms with Crippen molar-refractivity contribution in [1.29, 1.82) is 0 Å². The van der Waals surface area contributed by atoms with E-state index in [0.29, 0.717) is 27.2 Å². The van der Waals surface area contributed by atoms with E-state index < -0.39 is 29.4 Å². The van der Waals surface area contributed by atoms with E-state index in [1.165, 1.54) is 37.5 Å². The van der Waals surface area contributed by atoms with Crippen LogP contribution in [0.25, 0.3) is 6.08 Å². The molecule has 0 spiro atoms. The number of nitrogens with one attached hydrogen (secondary N) is 1. The van der Waals surface area contributed by atoms with Gasteiger partial charge in [-0.15, -0.1) is 0 Å². The maximum atomic E-state index is 13.0. The minimum atomic E-state index is -0.587. The summed E-state index contributed by atoms with van der Waals surface area (Å²) in [5.74, 6) is -0.687. The van der Waals surface area contributed by atoms with Crippen LogP contribution >= 0.6 is 27.7 Å². The molecule has 2 aromatic carbocycles. The number of halogens is 2. The first kappa shape index (κ1) is 23.6. The molecule has 0 atom stereocenters. The molecule has 1 fully saturated rings. The molecule has 10 heteroatoms. The summed E-state index contributed by atoms with van der Waals surface area (Å²) >= 11 is 4.14. The molecule has 3 amide bonds. The summed E-state index contributed by atoms with van der Waals surface area (Å²) in [5, 5.41) is 1.96. The molecule has 7 nitrogen and oxygen atoms in total. The first-order chi connectivity index (χ1) is 15.3. The predicted molar refractivity (Wildman–Crippen MR) is 124 cm³/mol. The zero-order chi connectivity index (χ0) is 23.3. The highest BCUT2D eigenvalue weighted by atomic mass is 79.9. The van der Waals surface area contributed by atoms with Gasteiger partial charge in [-0.1, -0.05) is 12.7 Å². The van der Waals surface area contributed by atoms with E-state index in [9.17, 15) is 18.8 Å². The Morgan fingerprint density at radius 2 is 2.00 bits per heavy atom. The zero-order valence-corrected chi connectivity index (χ0v) is 19.3. The van der Waals surface area contributed by atoms with E-state index in [1.54, 1.807) is 18.2 Å². The van der Waals surface area contributed by atoms with Crippen molar-refractivity contribution in [3.8, 4) is 11.5 Å². The summed E-state index contributed by atoms with van der Waals surface area (Å²) in [4.78, 5) is 38.3. The van der Waals surface area contributed by atoms with Crippen LogP contribution in [0.3, 0.4) is 0 Å². The van der Waals surface area contributed by atoms with Crippen molar-refractivity contribution < 1.29 is 28.2 Å². The van der Waals surface area contributed by atoms with Crippen LogP contribution in [0.1, 0.15) is 5.56 Å². The van der Waals surface area contributed by atoms with Crippen LogP contribution in [0.4, 0.5) is 14.9 Å². The lowest BCUT2D eigenvalue weighted by Gasteiger charge is -2.13. The van der Waals surface area contributed by atoms with Crippen molar-refractivity contribution in [1.82, 2.24) is 4.90 Å². The minimum absolute atomic E-state index is 0.165. The molecule has 1 saturated heterocycles. The Bertz CT molecular complexity index is 1100. The average molecular weight is 521 g/mol. The number of hydrogen-bond acceptors (Lipinski definition) is 6. The molecule has 0 radical (unpaired) electrons. The van der Waals surface area contributed by atoms with Crippen LogP contribution in [0.15, 0.2) is 58.4 Å². The van der Waals surface area contributed by atoms with Crippen molar-refractivity contribution in [2.45, 2.75) is 0 Å². The van der Waals surface area contributed by atoms with Crippen LogP contribution in [-0.4, -0.2) is 42.2 Å². The zero-order valence-electron chi connectivity index (χ0n) is 16.9. The van der Waals surface area contributed by atoms with Gasteiger partial charge in [0.05, 0.1) is 16.5 Å². The third kappa shape index (κ3) is 5.57. The third-order valence-corrected chi connectivity index (χ3v) is 5.69. The van der Waals surface area contributed by atoms with Crippen molar-refractivity contribution in [3.63, 3.8) is 0 Å². The lowest BCUT2D eigenvalue weighted by atomic mass is 10.2. The number of carbonyl (C=O) groups is 3. The number of methoxy groups -OCH3 is 1. The molecule has 32 heavy (non-hydrogen) atoms. The lowest BCUT2D eigenvalue weighted by Crippen LogP contribution is -2.36. The fourth-order valence-corrected chi connectivity index (χ4v) is 4.18. The van der Waals surface area contributed by atoms with Crippen LogP contribution < -0.4 is 14.8 Å². The Balaban J connectivity index is 1.74. The van der Waals surface area contributed by atoms with Gasteiger partial charge in [0.15, 0.2) is 11.5 Å². The van der Waals surface area contributed by atoms with Crippen LogP contribution in [0.5, 0.6) is 11.5 Å². The molecule has 0 aliphatic carbocycles. The number of ether oxygens (including phenoxy) is 2. The van der Waals surface area contributed by atoms with Crippen molar-refractivity contribution in [3.05, 3.63) is 69.8 Å². The second kappa shape index (κ2) is 10.5. The topological polar surface area (TPSA) is 84.9 Å². The Kier molecular flexibility index (Phi) is 7.70. The molecular weight excluding hydrogens is 503 g/mol. The maximum absolute atomic E-state index is 13.0. The molecule has 0 aromatic heterocycles. The van der Waals surface area contributed by atoms with Gasteiger partial charge in [0.1, 0.15) is 19.0 Å². The second-order valence-electron chi connectivity index (χ2n) is 6.46. The standard InChI is InChI=1S/C22H18BrFN2O5S/c1-3-8-31-20-16(23)9-13(10-17(20)30-2)11-18-21(28)26(22(29)32-18)12-19(27)25-15-6-4-14(24)5-7-15/h3-7,9-11H,1,8,12H2,2H3,(H,25,27)/b18-11-. The quantitative estimate of drug-likeness (QED) is 0.396. The Hall–Kier alpha value is -3.11. The minimum Gasteiger partial charge on any atom is -0.493 e. The van der Waals surface area contributed by atoms with E-state index in [-0.39, 0.29) is 11.5 Å². The summed E-state index contributed by atoms with van der Waals surface area (Å²) in [6.45, 7) is 3.43. The number of nitrogens with zero attached hydrogens (tertiary/aromatic N) is 1. The normalized spacial score (nSPS) is 14.6. The molecule has 1 aliphatic heterocycles. The first-order valence-electron chi connectivity index (χ1n) is 9.24. The number of rotatable bonds is 8. The maximum Gasteiger partial charge on any atom is 0.294 e. The van der Waals surface area contributed by atoms with Gasteiger partial charge < -0.3 is 14.8 Å². The number of thioether (sulfide) groups is 1. The molecule has 1 heterocycles. The van der Waals surface area contributed by atoms with Crippen molar-refractivity contribution in [2.75, 3.05) is 25.6 Å². The SMILES string of the molecule is C=CCOc1c(Br)cc(/C=C2\SC(=O)N(CC(=O)Nc3ccc(F)cc3)C2=O)cc1OC. The van der Waals surface area contributed by atoms with E-state index >= 15 is 0 Å². The van der Waals surface area contributed by atoms with Gasteiger partial charge in [-0.2, -0.15) is 0 Å². The van der Waals surface area contributed by atoms with Gasteiger partial charge in [0.2, 0.25) is 5.91 Å². The number of anilines is 1. The first-order valence-corrected chi connectivity index (χ1v) is 10.9. The molecule has 2 aromatic rings. The van der Waals surface area contributed by atoms with Gasteiger partial charge in [-0.3, -0.25) is 19.3 Å². The molecule has 1 N–H and O–H groups in total. The highest BCUT2D eigenvalue weighted by Gasteiger charge is 2.36. The van der Waals surface area contributed by atoms with Crippen LogP contribution in [0.2, 0.25) is 0 Å². The molecule has 0 bridgehead atoms. The lowest BCUT2D eigenvalue weighted by molar-refractivity contribution is -0.127. The third-order valence-electron chi connectivity index (χ3n) is 4.20. The van der Waals surface area contributed by atoms with Gasteiger partial charge in [0, 0.05) is 5.69 Å². The fourth-order valence-electron chi connectivity index (χ4n) is 2.77. The summed E-state index contributed by atoms with van der Waals surface area (Å²) < 4.78 is 24.5. The van der Waals surface area contributed by atoms with E-state index in [0.717, 1.165) is 16.7 Å². The predicted octanol–water partition coefficient (Wildman–Crippen LogP) is 4.84. The van der Waals surface area contributed by atoms with Gasteiger partial charge in [-0.05, 0) is 75.7 Å². The highest BCUT2D eigenvalue weighted by Crippen LogP contribution is 2.39. The smallest absolute Gasteiger partial charge is 0.294 e. The van der Waals surface area contributed by atoms with Crippen LogP contribution in [-0.2, 0) is 9.59 Å². The van der Waals surface area contributed by atoms with Crippen LogP contribution in [0, 0.1) is 5.82 Å². The number of carbonyl (C=O) groups excluding carboxylic acids is 3. The highest BCUT2D eigenvalue weighted by molar-refractivity contribution is 9.10. The number of amides is 3. The van der Waals surface area contributed by atoms with Crippen molar-refractivity contribution >= 4 is 56.5 Å². The molecule has 0 saturated carbocycles. The largest absolute Gasteiger partial charge is 0.493 e. The average Bonchev–Trinajstić information content (AvgIpc) is 3.01. The number of benzene rings is 2. The van der Waals surface area contributed by atoms with E-state index in [4.69, 9.17) is 9.47 Å². The number of imide groups is 1. The summed E-state index contributed by atoms with van der Waals surface area (Å²) in [6, 6.07) is 8.54. The van der Waals surface area contributed by atoms with E-state index in [2.05, 4.69) is 27.8 Å². The molecular formula is C22H18BrFN2O5S. The Morgan fingerprint density at radius 1 is 1.28 bits per heavy atom. The van der Waals surface area contributed by atoms with E-state index in [1.807, 2.05) is 0 Å². The fraction of sp³-hybridized carbons (Fsp3) is 0.136. The Labute approximate surface area is 196 Å².